The van der Waals surface area contributed by atoms with Gasteiger partial charge in [0.25, 0.3) is 5.91 Å². The van der Waals surface area contributed by atoms with Gasteiger partial charge in [-0.05, 0) is 43.8 Å². The molecule has 25 heavy (non-hydrogen) atoms. The number of rotatable bonds is 6. The molecule has 10 heteroatoms. The van der Waals surface area contributed by atoms with E-state index >= 15 is 0 Å². The van der Waals surface area contributed by atoms with E-state index in [0.29, 0.717) is 9.90 Å². The maximum atomic E-state index is 11.9. The number of hydrogen-bond donors (Lipinski definition) is 2. The molecule has 0 aliphatic rings. The molecule has 0 saturated heterocycles. The molecular weight excluding hydrogens is 388 g/mol. The highest BCUT2D eigenvalue weighted by molar-refractivity contribution is 7.89. The molecule has 1 amide bonds. The smallest absolute Gasteiger partial charge is 0.348 e. The average Bonchev–Trinajstić information content (AvgIpc) is 3.01. The first-order valence-corrected chi connectivity index (χ1v) is 9.67. The van der Waals surface area contributed by atoms with Gasteiger partial charge >= 0.3 is 5.97 Å². The fourth-order valence-electron chi connectivity index (χ4n) is 1.90. The number of benzene rings is 1. The van der Waals surface area contributed by atoms with E-state index in [1.165, 1.54) is 19.2 Å². The number of carbonyl (C=O) groups is 2. The third-order valence-corrected chi connectivity index (χ3v) is 5.91. The molecule has 0 fully saturated rings. The Kier molecular flexibility index (Phi) is 6.17. The first kappa shape index (κ1) is 19.4. The summed E-state index contributed by atoms with van der Waals surface area (Å²) in [5.41, 5.74) is 0.813. The fraction of sp³-hybridized carbons (Fsp3) is 0.200. The zero-order valence-electron chi connectivity index (χ0n) is 13.3. The Balaban J connectivity index is 2.01. The van der Waals surface area contributed by atoms with Gasteiger partial charge in [-0.1, -0.05) is 17.7 Å². The van der Waals surface area contributed by atoms with Crippen molar-refractivity contribution >= 4 is 50.5 Å². The maximum absolute atomic E-state index is 11.9. The number of ether oxygens (including phenoxy) is 1. The zero-order valence-corrected chi connectivity index (χ0v) is 15.7. The largest absolute Gasteiger partial charge is 0.451 e. The molecule has 134 valence electrons. The van der Waals surface area contributed by atoms with Crippen molar-refractivity contribution in [2.75, 3.05) is 19.0 Å². The second-order valence-corrected chi connectivity index (χ2v) is 8.49. The van der Waals surface area contributed by atoms with Crippen LogP contribution in [0.25, 0.3) is 0 Å². The average molecular weight is 403 g/mol. The summed E-state index contributed by atoms with van der Waals surface area (Å²) < 4.78 is 31.4. The number of aryl methyl sites for hydroxylation is 1. The Morgan fingerprint density at radius 3 is 2.56 bits per heavy atom. The van der Waals surface area contributed by atoms with Gasteiger partial charge in [0.15, 0.2) is 6.61 Å². The fourth-order valence-corrected chi connectivity index (χ4v) is 3.83. The summed E-state index contributed by atoms with van der Waals surface area (Å²) in [5.74, 6) is -1.25. The predicted octanol–water partition coefficient (Wildman–Crippen LogP) is 2.41. The van der Waals surface area contributed by atoms with Gasteiger partial charge in [-0.25, -0.2) is 17.9 Å². The van der Waals surface area contributed by atoms with Crippen LogP contribution in [0.5, 0.6) is 0 Å². The molecule has 0 unspecified atom stereocenters. The second-order valence-electron chi connectivity index (χ2n) is 4.92. The molecule has 0 bridgehead atoms. The highest BCUT2D eigenvalue weighted by atomic mass is 35.5. The predicted molar refractivity (Wildman–Crippen MR) is 95.7 cm³/mol. The highest BCUT2D eigenvalue weighted by Gasteiger charge is 2.17. The highest BCUT2D eigenvalue weighted by Crippen LogP contribution is 2.22. The standard InChI is InChI=1S/C15H15ClN2O5S2/c1-9-3-4-10(7-12(9)25(21,22)17-2)18-14(19)8-23-15(20)11-5-6-13(16)24-11/h3-7,17H,8H2,1-2H3,(H,18,19). The third-order valence-electron chi connectivity index (χ3n) is 3.14. The van der Waals surface area contributed by atoms with Crippen LogP contribution in [-0.4, -0.2) is 33.9 Å². The molecular formula is C15H15ClN2O5S2. The molecule has 0 atom stereocenters. The van der Waals surface area contributed by atoms with Crippen molar-refractivity contribution < 1.29 is 22.7 Å². The second kappa shape index (κ2) is 7.96. The molecule has 1 aromatic heterocycles. The van der Waals surface area contributed by atoms with E-state index in [1.807, 2.05) is 0 Å². The van der Waals surface area contributed by atoms with Gasteiger partial charge in [0.2, 0.25) is 10.0 Å². The number of sulfonamides is 1. The molecule has 0 radical (unpaired) electrons. The number of hydrogen-bond acceptors (Lipinski definition) is 6. The van der Waals surface area contributed by atoms with Gasteiger partial charge in [-0.2, -0.15) is 0 Å². The quantitative estimate of drug-likeness (QED) is 0.722. The van der Waals surface area contributed by atoms with Crippen LogP contribution in [0.1, 0.15) is 15.2 Å². The van der Waals surface area contributed by atoms with Gasteiger partial charge in [0, 0.05) is 5.69 Å². The molecule has 1 heterocycles. The van der Waals surface area contributed by atoms with E-state index in [0.717, 1.165) is 11.3 Å². The molecule has 7 nitrogen and oxygen atoms in total. The zero-order chi connectivity index (χ0) is 18.6. The normalized spacial score (nSPS) is 11.2. The lowest BCUT2D eigenvalue weighted by Crippen LogP contribution is -2.22. The van der Waals surface area contributed by atoms with E-state index in [4.69, 9.17) is 16.3 Å². The minimum atomic E-state index is -3.64. The summed E-state index contributed by atoms with van der Waals surface area (Å²) in [6.45, 7) is 1.14. The van der Waals surface area contributed by atoms with Gasteiger partial charge in [-0.15, -0.1) is 11.3 Å². The minimum absolute atomic E-state index is 0.0537. The molecule has 2 rings (SSSR count). The summed E-state index contributed by atoms with van der Waals surface area (Å²) in [4.78, 5) is 24.0. The van der Waals surface area contributed by atoms with Crippen molar-refractivity contribution in [2.24, 2.45) is 0 Å². The van der Waals surface area contributed by atoms with Gasteiger partial charge in [-0.3, -0.25) is 4.79 Å². The SMILES string of the molecule is CNS(=O)(=O)c1cc(NC(=O)COC(=O)c2ccc(Cl)s2)ccc1C. The van der Waals surface area contributed by atoms with Crippen LogP contribution < -0.4 is 10.0 Å². The van der Waals surface area contributed by atoms with Crippen molar-refractivity contribution in [1.29, 1.82) is 0 Å². The molecule has 0 aliphatic carbocycles. The topological polar surface area (TPSA) is 102 Å². The number of amides is 1. The lowest BCUT2D eigenvalue weighted by molar-refractivity contribution is -0.119. The van der Waals surface area contributed by atoms with Gasteiger partial charge < -0.3 is 10.1 Å². The van der Waals surface area contributed by atoms with Crippen molar-refractivity contribution in [3.05, 3.63) is 45.1 Å². The Morgan fingerprint density at radius 2 is 1.96 bits per heavy atom. The van der Waals surface area contributed by atoms with Gasteiger partial charge in [0.1, 0.15) is 4.88 Å². The molecule has 0 aliphatic heterocycles. The first-order valence-electron chi connectivity index (χ1n) is 6.99. The molecule has 1 aromatic carbocycles. The lowest BCUT2D eigenvalue weighted by atomic mass is 10.2. The van der Waals surface area contributed by atoms with E-state index < -0.39 is 28.5 Å². The number of anilines is 1. The van der Waals surface area contributed by atoms with Crippen molar-refractivity contribution in [3.63, 3.8) is 0 Å². The molecule has 0 saturated carbocycles. The van der Waals surface area contributed by atoms with Crippen molar-refractivity contribution in [2.45, 2.75) is 11.8 Å². The molecule has 0 spiro atoms. The van der Waals surface area contributed by atoms with Crippen LogP contribution in [0.3, 0.4) is 0 Å². The summed E-state index contributed by atoms with van der Waals surface area (Å²) in [6, 6.07) is 7.52. The minimum Gasteiger partial charge on any atom is -0.451 e. The Hall–Kier alpha value is -1.94. The number of nitrogens with one attached hydrogen (secondary N) is 2. The van der Waals surface area contributed by atoms with Crippen molar-refractivity contribution in [1.82, 2.24) is 4.72 Å². The number of thiophene rings is 1. The Morgan fingerprint density at radius 1 is 1.24 bits per heavy atom. The van der Waals surface area contributed by atoms with Crippen LogP contribution in [0.15, 0.2) is 35.2 Å². The van der Waals surface area contributed by atoms with Crippen LogP contribution >= 0.6 is 22.9 Å². The maximum Gasteiger partial charge on any atom is 0.348 e. The number of halogens is 1. The van der Waals surface area contributed by atoms with E-state index in [9.17, 15) is 18.0 Å². The Labute approximate surface area is 154 Å². The van der Waals surface area contributed by atoms with Crippen LogP contribution in [0, 0.1) is 6.92 Å². The summed E-state index contributed by atoms with van der Waals surface area (Å²) in [7, 11) is -2.34. The number of carbonyl (C=O) groups excluding carboxylic acids is 2. The monoisotopic (exact) mass is 402 g/mol. The summed E-state index contributed by atoms with van der Waals surface area (Å²) in [6.07, 6.45) is 0. The lowest BCUT2D eigenvalue weighted by Gasteiger charge is -2.10. The van der Waals surface area contributed by atoms with Crippen molar-refractivity contribution in [3.8, 4) is 0 Å². The van der Waals surface area contributed by atoms with Crippen LogP contribution in [-0.2, 0) is 19.6 Å². The summed E-state index contributed by atoms with van der Waals surface area (Å²) in [5, 5.41) is 2.49. The molecule has 2 aromatic rings. The first-order chi connectivity index (χ1) is 11.7. The van der Waals surface area contributed by atoms with Crippen LogP contribution in [0.2, 0.25) is 4.34 Å². The van der Waals surface area contributed by atoms with E-state index in [-0.39, 0.29) is 15.5 Å². The van der Waals surface area contributed by atoms with Gasteiger partial charge in [0.05, 0.1) is 9.23 Å². The molecule has 2 N–H and O–H groups in total. The summed E-state index contributed by atoms with van der Waals surface area (Å²) >= 11 is 6.77. The van der Waals surface area contributed by atoms with Crippen LogP contribution in [0.4, 0.5) is 5.69 Å². The number of esters is 1. The van der Waals surface area contributed by atoms with E-state index in [1.54, 1.807) is 25.1 Å². The van der Waals surface area contributed by atoms with E-state index in [2.05, 4.69) is 10.0 Å². The Bertz CT molecular complexity index is 908. The third kappa shape index (κ3) is 5.02.